The van der Waals surface area contributed by atoms with E-state index in [-0.39, 0.29) is 18.0 Å². The minimum absolute atomic E-state index is 0. The SMILES string of the molecule is Cl.O=c1ccccn1CC1(O)CCN(Cc2ccccc2)CC1. The Bertz CT molecular complexity index is 664. The molecule has 1 aliphatic rings. The summed E-state index contributed by atoms with van der Waals surface area (Å²) < 4.78 is 1.60. The van der Waals surface area contributed by atoms with Gasteiger partial charge in [0, 0.05) is 31.9 Å². The molecular weight excluding hydrogens is 312 g/mol. The van der Waals surface area contributed by atoms with E-state index in [4.69, 9.17) is 0 Å². The Labute approximate surface area is 142 Å². The molecule has 1 aromatic carbocycles. The summed E-state index contributed by atoms with van der Waals surface area (Å²) in [4.78, 5) is 14.1. The molecule has 0 atom stereocenters. The van der Waals surface area contributed by atoms with Crippen molar-refractivity contribution in [1.29, 1.82) is 0 Å². The zero-order valence-electron chi connectivity index (χ0n) is 13.1. The number of benzene rings is 1. The molecule has 1 saturated heterocycles. The van der Waals surface area contributed by atoms with E-state index in [1.54, 1.807) is 16.8 Å². The highest BCUT2D eigenvalue weighted by atomic mass is 35.5. The fourth-order valence-corrected chi connectivity index (χ4v) is 3.04. The summed E-state index contributed by atoms with van der Waals surface area (Å²) in [6.45, 7) is 3.01. The summed E-state index contributed by atoms with van der Waals surface area (Å²) in [5.74, 6) is 0. The van der Waals surface area contributed by atoms with E-state index >= 15 is 0 Å². The van der Waals surface area contributed by atoms with Gasteiger partial charge in [-0.05, 0) is 24.5 Å². The van der Waals surface area contributed by atoms with Gasteiger partial charge in [-0.1, -0.05) is 36.4 Å². The molecule has 1 N–H and O–H groups in total. The lowest BCUT2D eigenvalue weighted by atomic mass is 9.91. The Kier molecular flexibility index (Phi) is 5.99. The van der Waals surface area contributed by atoms with Crippen LogP contribution in [0.25, 0.3) is 0 Å². The van der Waals surface area contributed by atoms with Crippen molar-refractivity contribution in [3.05, 3.63) is 70.6 Å². The maximum Gasteiger partial charge on any atom is 0.250 e. The van der Waals surface area contributed by atoms with Gasteiger partial charge in [0.15, 0.2) is 0 Å². The van der Waals surface area contributed by atoms with Gasteiger partial charge in [0.05, 0.1) is 12.1 Å². The van der Waals surface area contributed by atoms with Crippen molar-refractivity contribution in [2.45, 2.75) is 31.5 Å². The van der Waals surface area contributed by atoms with Crippen molar-refractivity contribution < 1.29 is 5.11 Å². The second-order valence-corrected chi connectivity index (χ2v) is 6.15. The fourth-order valence-electron chi connectivity index (χ4n) is 3.04. The van der Waals surface area contributed by atoms with Crippen molar-refractivity contribution in [2.24, 2.45) is 0 Å². The number of likely N-dealkylation sites (tertiary alicyclic amines) is 1. The van der Waals surface area contributed by atoms with Gasteiger partial charge in [-0.25, -0.2) is 0 Å². The van der Waals surface area contributed by atoms with Crippen LogP contribution in [-0.4, -0.2) is 33.3 Å². The predicted molar refractivity (Wildman–Crippen MR) is 93.9 cm³/mol. The molecule has 2 aromatic rings. The molecule has 4 nitrogen and oxygen atoms in total. The number of hydrogen-bond acceptors (Lipinski definition) is 3. The fraction of sp³-hybridized carbons (Fsp3) is 0.389. The smallest absolute Gasteiger partial charge is 0.250 e. The average molecular weight is 335 g/mol. The van der Waals surface area contributed by atoms with Gasteiger partial charge in [0.2, 0.25) is 0 Å². The molecule has 1 aliphatic heterocycles. The van der Waals surface area contributed by atoms with Gasteiger partial charge in [0.1, 0.15) is 0 Å². The molecule has 0 saturated carbocycles. The van der Waals surface area contributed by atoms with Crippen LogP contribution in [0.2, 0.25) is 0 Å². The molecule has 3 rings (SSSR count). The largest absolute Gasteiger partial charge is 0.388 e. The summed E-state index contributed by atoms with van der Waals surface area (Å²) in [5, 5.41) is 10.7. The first-order chi connectivity index (χ1) is 10.6. The second-order valence-electron chi connectivity index (χ2n) is 6.15. The Morgan fingerprint density at radius 3 is 2.30 bits per heavy atom. The first-order valence-electron chi connectivity index (χ1n) is 7.79. The lowest BCUT2D eigenvalue weighted by Crippen LogP contribution is -2.47. The number of rotatable bonds is 4. The van der Waals surface area contributed by atoms with Crippen molar-refractivity contribution in [3.8, 4) is 0 Å². The molecule has 0 unspecified atom stereocenters. The minimum Gasteiger partial charge on any atom is -0.388 e. The highest BCUT2D eigenvalue weighted by molar-refractivity contribution is 5.85. The Morgan fingerprint density at radius 2 is 1.65 bits per heavy atom. The van der Waals surface area contributed by atoms with Gasteiger partial charge in [0.25, 0.3) is 5.56 Å². The average Bonchev–Trinajstić information content (AvgIpc) is 2.53. The lowest BCUT2D eigenvalue weighted by molar-refractivity contribution is -0.0364. The van der Waals surface area contributed by atoms with E-state index in [2.05, 4.69) is 29.2 Å². The summed E-state index contributed by atoms with van der Waals surface area (Å²) >= 11 is 0. The van der Waals surface area contributed by atoms with E-state index < -0.39 is 5.60 Å². The van der Waals surface area contributed by atoms with Crippen LogP contribution in [0.5, 0.6) is 0 Å². The first kappa shape index (κ1) is 17.7. The summed E-state index contributed by atoms with van der Waals surface area (Å²) in [7, 11) is 0. The topological polar surface area (TPSA) is 45.5 Å². The second kappa shape index (κ2) is 7.77. The molecule has 0 radical (unpaired) electrons. The van der Waals surface area contributed by atoms with E-state index in [1.807, 2.05) is 12.1 Å². The summed E-state index contributed by atoms with van der Waals surface area (Å²) in [6, 6.07) is 15.5. The molecule has 0 spiro atoms. The quantitative estimate of drug-likeness (QED) is 0.933. The normalized spacial score (nSPS) is 17.4. The zero-order chi connectivity index (χ0) is 15.4. The van der Waals surface area contributed by atoms with E-state index in [9.17, 15) is 9.90 Å². The molecule has 1 aromatic heterocycles. The number of halogens is 1. The van der Waals surface area contributed by atoms with Gasteiger partial charge in [-0.15, -0.1) is 12.4 Å². The highest BCUT2D eigenvalue weighted by Gasteiger charge is 2.32. The zero-order valence-corrected chi connectivity index (χ0v) is 13.9. The van der Waals surface area contributed by atoms with E-state index in [1.165, 1.54) is 11.6 Å². The molecule has 0 amide bonds. The standard InChI is InChI=1S/C18H22N2O2.ClH/c21-17-8-4-5-11-20(17)15-18(22)9-12-19(13-10-18)14-16-6-2-1-3-7-16;/h1-8,11,22H,9-10,12-15H2;1H. The van der Waals surface area contributed by atoms with Gasteiger partial charge >= 0.3 is 0 Å². The third-order valence-electron chi connectivity index (χ3n) is 4.40. The molecule has 2 heterocycles. The molecule has 1 fully saturated rings. The van der Waals surface area contributed by atoms with Crippen LogP contribution < -0.4 is 5.56 Å². The number of aliphatic hydroxyl groups is 1. The molecule has 0 bridgehead atoms. The van der Waals surface area contributed by atoms with Gasteiger partial charge in [-0.2, -0.15) is 0 Å². The number of piperidine rings is 1. The minimum atomic E-state index is -0.779. The van der Waals surface area contributed by atoms with Crippen molar-refractivity contribution >= 4 is 12.4 Å². The van der Waals surface area contributed by atoms with Crippen LogP contribution in [0.1, 0.15) is 18.4 Å². The van der Waals surface area contributed by atoms with Crippen LogP contribution in [0.3, 0.4) is 0 Å². The first-order valence-corrected chi connectivity index (χ1v) is 7.79. The van der Waals surface area contributed by atoms with Crippen LogP contribution in [0.4, 0.5) is 0 Å². The van der Waals surface area contributed by atoms with E-state index in [0.29, 0.717) is 19.4 Å². The number of pyridine rings is 1. The number of aromatic nitrogens is 1. The summed E-state index contributed by atoms with van der Waals surface area (Å²) in [6.07, 6.45) is 3.14. The Balaban J connectivity index is 0.00000192. The highest BCUT2D eigenvalue weighted by Crippen LogP contribution is 2.24. The molecule has 124 valence electrons. The number of hydrogen-bond donors (Lipinski definition) is 1. The van der Waals surface area contributed by atoms with E-state index in [0.717, 1.165) is 19.6 Å². The van der Waals surface area contributed by atoms with Crippen molar-refractivity contribution in [3.63, 3.8) is 0 Å². The van der Waals surface area contributed by atoms with Crippen LogP contribution in [-0.2, 0) is 13.1 Å². The molecule has 0 aliphatic carbocycles. The maximum atomic E-state index is 11.8. The Morgan fingerprint density at radius 1 is 1.00 bits per heavy atom. The van der Waals surface area contributed by atoms with Crippen LogP contribution in [0, 0.1) is 0 Å². The van der Waals surface area contributed by atoms with Gasteiger partial charge < -0.3 is 9.67 Å². The van der Waals surface area contributed by atoms with Crippen molar-refractivity contribution in [2.75, 3.05) is 13.1 Å². The van der Waals surface area contributed by atoms with Gasteiger partial charge in [-0.3, -0.25) is 9.69 Å². The molecule has 5 heteroatoms. The Hall–Kier alpha value is -1.62. The lowest BCUT2D eigenvalue weighted by Gasteiger charge is -2.38. The van der Waals surface area contributed by atoms with Crippen LogP contribution in [0.15, 0.2) is 59.5 Å². The number of nitrogens with zero attached hydrogens (tertiary/aromatic N) is 2. The third kappa shape index (κ3) is 4.67. The van der Waals surface area contributed by atoms with Crippen molar-refractivity contribution in [1.82, 2.24) is 9.47 Å². The predicted octanol–water partition coefficient (Wildman–Crippen LogP) is 2.30. The molecule has 23 heavy (non-hydrogen) atoms. The third-order valence-corrected chi connectivity index (χ3v) is 4.40. The maximum absolute atomic E-state index is 11.8. The molecular formula is C18H23ClN2O2. The monoisotopic (exact) mass is 334 g/mol. The summed E-state index contributed by atoms with van der Waals surface area (Å²) in [5.41, 5.74) is 0.466. The van der Waals surface area contributed by atoms with Crippen LogP contribution >= 0.6 is 12.4 Å².